The minimum absolute atomic E-state index is 0.115. The van der Waals surface area contributed by atoms with Crippen LogP contribution in [0.3, 0.4) is 0 Å². The number of nitrogens with zero attached hydrogens (tertiary/aromatic N) is 2. The van der Waals surface area contributed by atoms with Gasteiger partial charge in [-0.1, -0.05) is 24.3 Å². The van der Waals surface area contributed by atoms with Gasteiger partial charge in [-0.2, -0.15) is 0 Å². The number of hydrogen-bond donors (Lipinski definition) is 2. The van der Waals surface area contributed by atoms with Gasteiger partial charge in [-0.25, -0.2) is 9.97 Å². The lowest BCUT2D eigenvalue weighted by Gasteiger charge is -2.20. The van der Waals surface area contributed by atoms with Gasteiger partial charge in [-0.3, -0.25) is 4.79 Å². The first-order valence-electron chi connectivity index (χ1n) is 10.0. The first-order valence-corrected chi connectivity index (χ1v) is 11.7. The smallest absolute Gasteiger partial charge is 0.256 e. The van der Waals surface area contributed by atoms with Crippen LogP contribution < -0.4 is 10.6 Å². The first kappa shape index (κ1) is 21.2. The zero-order chi connectivity index (χ0) is 22.0. The molecule has 0 aliphatic carbocycles. The molecule has 3 heterocycles. The van der Waals surface area contributed by atoms with E-state index in [0.717, 1.165) is 32.4 Å². The maximum Gasteiger partial charge on any atom is 0.256 e. The van der Waals surface area contributed by atoms with Crippen molar-refractivity contribution in [2.45, 2.75) is 33.7 Å². The number of aromatic nitrogens is 2. The largest absolute Gasteiger partial charge is 0.342 e. The van der Waals surface area contributed by atoms with Crippen LogP contribution in [0.1, 0.15) is 48.7 Å². The van der Waals surface area contributed by atoms with E-state index < -0.39 is 0 Å². The Morgan fingerprint density at radius 1 is 0.968 bits per heavy atom. The van der Waals surface area contributed by atoms with E-state index in [2.05, 4.69) is 45.9 Å². The third kappa shape index (κ3) is 4.68. The van der Waals surface area contributed by atoms with E-state index in [9.17, 15) is 4.79 Å². The molecule has 0 aliphatic rings. The lowest BCUT2D eigenvalue weighted by molar-refractivity contribution is 0.102. The molecule has 2 N–H and O–H groups in total. The minimum Gasteiger partial charge on any atom is -0.342 e. The number of rotatable bonds is 6. The Hall–Kier alpha value is -3.03. The first-order chi connectivity index (χ1) is 14.9. The molecule has 5 nitrogen and oxygen atoms in total. The topological polar surface area (TPSA) is 66.9 Å². The molecular formula is C24H24N4OS2. The molecule has 31 heavy (non-hydrogen) atoms. The van der Waals surface area contributed by atoms with Crippen LogP contribution in [-0.2, 0) is 0 Å². The number of carbonyl (C=O) groups excluding carboxylic acids is 1. The van der Waals surface area contributed by atoms with Crippen molar-refractivity contribution in [3.63, 3.8) is 0 Å². The zero-order valence-corrected chi connectivity index (χ0v) is 19.5. The fourth-order valence-electron chi connectivity index (χ4n) is 3.51. The Morgan fingerprint density at radius 3 is 2.32 bits per heavy atom. The summed E-state index contributed by atoms with van der Waals surface area (Å²) in [5.74, 6) is 0.468. The Kier molecular flexibility index (Phi) is 6.15. The lowest BCUT2D eigenvalue weighted by atomic mass is 10.0. The summed E-state index contributed by atoms with van der Waals surface area (Å²) in [6, 6.07) is 15.2. The van der Waals surface area contributed by atoms with Crippen LogP contribution in [0.5, 0.6) is 0 Å². The van der Waals surface area contributed by atoms with Crippen molar-refractivity contribution in [3.05, 3.63) is 91.7 Å². The maximum atomic E-state index is 12.9. The van der Waals surface area contributed by atoms with Crippen molar-refractivity contribution >= 4 is 39.5 Å². The van der Waals surface area contributed by atoms with E-state index in [0.29, 0.717) is 11.5 Å². The lowest BCUT2D eigenvalue weighted by Crippen LogP contribution is -2.18. The summed E-state index contributed by atoms with van der Waals surface area (Å²) < 4.78 is 0. The molecule has 7 heteroatoms. The van der Waals surface area contributed by atoms with Gasteiger partial charge in [-0.05, 0) is 62.9 Å². The number of anilines is 2. The predicted molar refractivity (Wildman–Crippen MR) is 129 cm³/mol. The number of hydrogen-bond acceptors (Lipinski definition) is 6. The van der Waals surface area contributed by atoms with Gasteiger partial charge < -0.3 is 10.6 Å². The quantitative estimate of drug-likeness (QED) is 0.364. The van der Waals surface area contributed by atoms with Crippen LogP contribution in [0.15, 0.2) is 53.9 Å². The van der Waals surface area contributed by atoms with Gasteiger partial charge in [0.05, 0.1) is 6.04 Å². The summed E-state index contributed by atoms with van der Waals surface area (Å²) in [6.45, 7) is 8.11. The van der Waals surface area contributed by atoms with E-state index >= 15 is 0 Å². The van der Waals surface area contributed by atoms with Crippen molar-refractivity contribution in [3.8, 4) is 0 Å². The minimum atomic E-state index is -0.169. The average Bonchev–Trinajstić information content (AvgIpc) is 3.36. The molecule has 0 radical (unpaired) electrons. The molecule has 0 aliphatic heterocycles. The third-order valence-corrected chi connectivity index (χ3v) is 7.14. The van der Waals surface area contributed by atoms with E-state index in [1.54, 1.807) is 22.7 Å². The molecule has 1 aromatic carbocycles. The number of carbonyl (C=O) groups is 1. The highest BCUT2D eigenvalue weighted by Gasteiger charge is 2.26. The Morgan fingerprint density at radius 2 is 1.68 bits per heavy atom. The Labute approximate surface area is 190 Å². The molecule has 0 saturated heterocycles. The Bertz CT molecular complexity index is 1180. The van der Waals surface area contributed by atoms with Crippen molar-refractivity contribution in [2.24, 2.45) is 0 Å². The molecular weight excluding hydrogens is 424 g/mol. The number of amides is 1. The van der Waals surface area contributed by atoms with Gasteiger partial charge in [0.25, 0.3) is 5.91 Å². The number of thiophene rings is 2. The SMILES string of the molecule is Cc1cc(C)nc(N[C@H](c2cccs2)c2c(NC(=O)c3ccccc3)sc(C)c2C)n1. The predicted octanol–water partition coefficient (Wildman–Crippen LogP) is 6.29. The maximum absolute atomic E-state index is 12.9. The molecule has 4 rings (SSSR count). The van der Waals surface area contributed by atoms with Crippen molar-refractivity contribution < 1.29 is 4.79 Å². The normalized spacial score (nSPS) is 11.9. The van der Waals surface area contributed by atoms with Gasteiger partial charge in [0.1, 0.15) is 5.00 Å². The molecule has 0 unspecified atom stereocenters. The third-order valence-electron chi connectivity index (χ3n) is 5.07. The molecule has 158 valence electrons. The molecule has 4 aromatic rings. The molecule has 0 spiro atoms. The van der Waals surface area contributed by atoms with Gasteiger partial charge in [-0.15, -0.1) is 22.7 Å². The molecule has 0 fully saturated rings. The highest BCUT2D eigenvalue weighted by Crippen LogP contribution is 2.42. The molecule has 0 bridgehead atoms. The van der Waals surface area contributed by atoms with Crippen LogP contribution in [0.25, 0.3) is 0 Å². The van der Waals surface area contributed by atoms with Crippen LogP contribution in [-0.4, -0.2) is 15.9 Å². The number of nitrogens with one attached hydrogen (secondary N) is 2. The summed E-state index contributed by atoms with van der Waals surface area (Å²) in [5, 5.41) is 9.58. The van der Waals surface area contributed by atoms with Gasteiger partial charge in [0.15, 0.2) is 0 Å². The monoisotopic (exact) mass is 448 g/mol. The second-order valence-corrected chi connectivity index (χ2v) is 9.62. The summed E-state index contributed by atoms with van der Waals surface area (Å²) in [6.07, 6.45) is 0. The summed E-state index contributed by atoms with van der Waals surface area (Å²) in [5.41, 5.74) is 4.67. The van der Waals surface area contributed by atoms with Crippen LogP contribution >= 0.6 is 22.7 Å². The van der Waals surface area contributed by atoms with Crippen LogP contribution in [0.2, 0.25) is 0 Å². The van der Waals surface area contributed by atoms with Gasteiger partial charge >= 0.3 is 0 Å². The van der Waals surface area contributed by atoms with E-state index in [1.165, 1.54) is 4.88 Å². The van der Waals surface area contributed by atoms with Crippen LogP contribution in [0, 0.1) is 27.7 Å². The summed E-state index contributed by atoms with van der Waals surface area (Å²) in [7, 11) is 0. The molecule has 3 aromatic heterocycles. The fourth-order valence-corrected chi connectivity index (χ4v) is 5.39. The second-order valence-electron chi connectivity index (χ2n) is 7.41. The van der Waals surface area contributed by atoms with Crippen molar-refractivity contribution in [2.75, 3.05) is 10.6 Å². The fraction of sp³-hybridized carbons (Fsp3) is 0.208. The van der Waals surface area contributed by atoms with Gasteiger partial charge in [0, 0.05) is 32.3 Å². The summed E-state index contributed by atoms with van der Waals surface area (Å²) in [4.78, 5) is 24.4. The highest BCUT2D eigenvalue weighted by atomic mass is 32.1. The Balaban J connectivity index is 1.75. The zero-order valence-electron chi connectivity index (χ0n) is 17.9. The standard InChI is InChI=1S/C24H24N4OS2/c1-14-13-15(2)26-24(25-14)27-21(19-11-8-12-30-19)20-16(3)17(4)31-23(20)28-22(29)18-9-6-5-7-10-18/h5-13,21H,1-4H3,(H,28,29)(H,25,26,27)/t21-/m1/s1. The van der Waals surface area contributed by atoms with E-state index in [1.807, 2.05) is 56.3 Å². The van der Waals surface area contributed by atoms with Crippen molar-refractivity contribution in [1.82, 2.24) is 9.97 Å². The molecule has 1 amide bonds. The van der Waals surface area contributed by atoms with E-state index in [-0.39, 0.29) is 11.9 Å². The number of benzene rings is 1. The average molecular weight is 449 g/mol. The van der Waals surface area contributed by atoms with E-state index in [4.69, 9.17) is 0 Å². The van der Waals surface area contributed by atoms with Crippen LogP contribution in [0.4, 0.5) is 10.9 Å². The van der Waals surface area contributed by atoms with Gasteiger partial charge in [0.2, 0.25) is 5.95 Å². The second kappa shape index (κ2) is 8.99. The number of aryl methyl sites for hydroxylation is 3. The summed E-state index contributed by atoms with van der Waals surface area (Å²) >= 11 is 3.27. The van der Waals surface area contributed by atoms with Crippen molar-refractivity contribution in [1.29, 1.82) is 0 Å². The molecule has 1 atom stereocenters. The highest BCUT2D eigenvalue weighted by molar-refractivity contribution is 7.16. The molecule has 0 saturated carbocycles.